The van der Waals surface area contributed by atoms with Gasteiger partial charge in [0.15, 0.2) is 5.78 Å². The second-order valence-electron chi connectivity index (χ2n) is 7.66. The van der Waals surface area contributed by atoms with Gasteiger partial charge in [0.1, 0.15) is 11.3 Å². The first-order chi connectivity index (χ1) is 11.9. The standard InChI is InChI=1S/C21H37NO3/c1-5-16(2)14-12-10-8-6-7-9-11-13-15-18(23)19-20(24)17(3)22(4)21(19)25/h16-17,24H,5-15H2,1-4H3/t16-,17+/m0/s1. The van der Waals surface area contributed by atoms with E-state index in [0.717, 1.165) is 25.2 Å². The van der Waals surface area contributed by atoms with Gasteiger partial charge in [-0.15, -0.1) is 0 Å². The molecule has 0 bridgehead atoms. The summed E-state index contributed by atoms with van der Waals surface area (Å²) >= 11 is 0. The van der Waals surface area contributed by atoms with E-state index >= 15 is 0 Å². The molecule has 25 heavy (non-hydrogen) atoms. The summed E-state index contributed by atoms with van der Waals surface area (Å²) in [4.78, 5) is 25.6. The first-order valence-corrected chi connectivity index (χ1v) is 10.1. The Balaban J connectivity index is 2.07. The molecule has 4 heteroatoms. The molecule has 0 fully saturated rings. The highest BCUT2D eigenvalue weighted by Gasteiger charge is 2.37. The highest BCUT2D eigenvalue weighted by Crippen LogP contribution is 2.24. The molecule has 0 aliphatic carbocycles. The largest absolute Gasteiger partial charge is 0.509 e. The van der Waals surface area contributed by atoms with Crippen molar-refractivity contribution < 1.29 is 14.7 Å². The highest BCUT2D eigenvalue weighted by molar-refractivity contribution is 6.21. The fourth-order valence-electron chi connectivity index (χ4n) is 3.28. The number of ketones is 1. The molecule has 1 amide bonds. The predicted molar refractivity (Wildman–Crippen MR) is 103 cm³/mol. The molecule has 1 rings (SSSR count). The van der Waals surface area contributed by atoms with Crippen LogP contribution < -0.4 is 0 Å². The van der Waals surface area contributed by atoms with E-state index in [9.17, 15) is 14.7 Å². The van der Waals surface area contributed by atoms with Gasteiger partial charge in [-0.1, -0.05) is 71.6 Å². The van der Waals surface area contributed by atoms with Gasteiger partial charge in [0.2, 0.25) is 0 Å². The number of amides is 1. The minimum Gasteiger partial charge on any atom is -0.509 e. The summed E-state index contributed by atoms with van der Waals surface area (Å²) in [6.07, 6.45) is 12.5. The first-order valence-electron chi connectivity index (χ1n) is 10.1. The van der Waals surface area contributed by atoms with Gasteiger partial charge in [0, 0.05) is 13.5 Å². The van der Waals surface area contributed by atoms with Gasteiger partial charge in [-0.3, -0.25) is 9.59 Å². The van der Waals surface area contributed by atoms with Crippen molar-refractivity contribution in [3.63, 3.8) is 0 Å². The average Bonchev–Trinajstić information content (AvgIpc) is 2.79. The molecule has 0 saturated heterocycles. The minimum atomic E-state index is -0.383. The zero-order valence-electron chi connectivity index (χ0n) is 16.6. The van der Waals surface area contributed by atoms with Crippen molar-refractivity contribution in [3.05, 3.63) is 11.3 Å². The molecule has 0 saturated carbocycles. The van der Waals surface area contributed by atoms with Crippen LogP contribution in [0.2, 0.25) is 0 Å². The Morgan fingerprint density at radius 2 is 1.60 bits per heavy atom. The van der Waals surface area contributed by atoms with Gasteiger partial charge in [-0.25, -0.2) is 0 Å². The van der Waals surface area contributed by atoms with Gasteiger partial charge in [-0.05, 0) is 19.3 Å². The van der Waals surface area contributed by atoms with E-state index in [4.69, 9.17) is 0 Å². The summed E-state index contributed by atoms with van der Waals surface area (Å²) in [5, 5.41) is 9.96. The quantitative estimate of drug-likeness (QED) is 0.367. The Morgan fingerprint density at radius 1 is 1.08 bits per heavy atom. The monoisotopic (exact) mass is 351 g/mol. The number of nitrogens with zero attached hydrogens (tertiary/aromatic N) is 1. The molecule has 0 unspecified atom stereocenters. The van der Waals surface area contributed by atoms with E-state index in [0.29, 0.717) is 6.42 Å². The van der Waals surface area contributed by atoms with E-state index in [1.54, 1.807) is 14.0 Å². The lowest BCUT2D eigenvalue weighted by atomic mass is 9.99. The fraction of sp³-hybridized carbons (Fsp3) is 0.810. The number of unbranched alkanes of at least 4 members (excludes halogenated alkanes) is 7. The number of carbonyl (C=O) groups excluding carboxylic acids is 2. The van der Waals surface area contributed by atoms with Crippen molar-refractivity contribution >= 4 is 11.7 Å². The van der Waals surface area contributed by atoms with Crippen molar-refractivity contribution in [2.24, 2.45) is 5.92 Å². The Morgan fingerprint density at radius 3 is 2.08 bits per heavy atom. The summed E-state index contributed by atoms with van der Waals surface area (Å²) in [7, 11) is 1.62. The molecular weight excluding hydrogens is 314 g/mol. The second-order valence-corrected chi connectivity index (χ2v) is 7.66. The van der Waals surface area contributed by atoms with Gasteiger partial charge in [0.05, 0.1) is 6.04 Å². The van der Waals surface area contributed by atoms with Crippen LogP contribution in [0.15, 0.2) is 11.3 Å². The summed E-state index contributed by atoms with van der Waals surface area (Å²) in [6, 6.07) is -0.383. The minimum absolute atomic E-state index is 0.0105. The van der Waals surface area contributed by atoms with Crippen molar-refractivity contribution in [1.82, 2.24) is 4.90 Å². The van der Waals surface area contributed by atoms with Crippen LogP contribution in [0.5, 0.6) is 0 Å². The number of aliphatic hydroxyl groups excluding tert-OH is 1. The summed E-state index contributed by atoms with van der Waals surface area (Å²) in [6.45, 7) is 6.32. The molecule has 1 aliphatic rings. The molecule has 1 aliphatic heterocycles. The zero-order chi connectivity index (χ0) is 18.8. The van der Waals surface area contributed by atoms with Crippen molar-refractivity contribution in [2.75, 3.05) is 7.05 Å². The number of rotatable bonds is 13. The van der Waals surface area contributed by atoms with Crippen LogP contribution in [0.3, 0.4) is 0 Å². The molecule has 0 aromatic heterocycles. The van der Waals surface area contributed by atoms with E-state index in [-0.39, 0.29) is 29.1 Å². The molecule has 2 atom stereocenters. The van der Waals surface area contributed by atoms with Crippen LogP contribution in [0, 0.1) is 5.92 Å². The molecule has 0 aromatic carbocycles. The number of Topliss-reactive ketones (excluding diaryl/α,β-unsaturated/α-hetero) is 1. The van der Waals surface area contributed by atoms with Crippen LogP contribution >= 0.6 is 0 Å². The Kier molecular flexibility index (Phi) is 9.84. The third-order valence-corrected chi connectivity index (χ3v) is 5.59. The van der Waals surface area contributed by atoms with E-state index in [1.165, 1.54) is 49.8 Å². The highest BCUT2D eigenvalue weighted by atomic mass is 16.3. The fourth-order valence-corrected chi connectivity index (χ4v) is 3.28. The molecule has 4 nitrogen and oxygen atoms in total. The Bertz CT molecular complexity index is 470. The molecule has 1 heterocycles. The number of carbonyl (C=O) groups is 2. The maximum Gasteiger partial charge on any atom is 0.261 e. The second kappa shape index (κ2) is 11.3. The number of hydrogen-bond acceptors (Lipinski definition) is 3. The van der Waals surface area contributed by atoms with E-state index in [1.807, 2.05) is 0 Å². The van der Waals surface area contributed by atoms with Crippen LogP contribution in [-0.4, -0.2) is 34.8 Å². The predicted octanol–water partition coefficient (Wildman–Crippen LogP) is 5.18. The van der Waals surface area contributed by atoms with Gasteiger partial charge < -0.3 is 10.0 Å². The normalized spacial score (nSPS) is 19.0. The zero-order valence-corrected chi connectivity index (χ0v) is 16.6. The molecule has 0 aromatic rings. The van der Waals surface area contributed by atoms with Crippen LogP contribution in [0.25, 0.3) is 0 Å². The number of likely N-dealkylation sites (N-methyl/N-ethyl adjacent to an activating group) is 1. The van der Waals surface area contributed by atoms with Gasteiger partial charge >= 0.3 is 0 Å². The Labute approximate surface area is 153 Å². The number of hydrogen-bond donors (Lipinski definition) is 1. The van der Waals surface area contributed by atoms with Crippen molar-refractivity contribution in [1.29, 1.82) is 0 Å². The van der Waals surface area contributed by atoms with Crippen LogP contribution in [0.1, 0.15) is 91.4 Å². The van der Waals surface area contributed by atoms with E-state index in [2.05, 4.69) is 13.8 Å². The Hall–Kier alpha value is -1.32. The summed E-state index contributed by atoms with van der Waals surface area (Å²) < 4.78 is 0. The van der Waals surface area contributed by atoms with Crippen LogP contribution in [-0.2, 0) is 9.59 Å². The lowest BCUT2D eigenvalue weighted by Gasteiger charge is -2.14. The van der Waals surface area contributed by atoms with E-state index < -0.39 is 0 Å². The average molecular weight is 352 g/mol. The van der Waals surface area contributed by atoms with Crippen LogP contribution in [0.4, 0.5) is 0 Å². The smallest absolute Gasteiger partial charge is 0.261 e. The lowest BCUT2D eigenvalue weighted by molar-refractivity contribution is -0.128. The third-order valence-electron chi connectivity index (χ3n) is 5.59. The lowest BCUT2D eigenvalue weighted by Crippen LogP contribution is -2.30. The molecule has 144 valence electrons. The first kappa shape index (κ1) is 21.7. The number of aliphatic hydroxyl groups is 1. The van der Waals surface area contributed by atoms with Crippen molar-refractivity contribution in [2.45, 2.75) is 97.4 Å². The topological polar surface area (TPSA) is 57.6 Å². The van der Waals surface area contributed by atoms with Crippen molar-refractivity contribution in [3.8, 4) is 0 Å². The summed E-state index contributed by atoms with van der Waals surface area (Å²) in [5.74, 6) is 0.257. The molecule has 1 N–H and O–H groups in total. The third kappa shape index (κ3) is 6.83. The maximum atomic E-state index is 12.2. The molecule has 0 spiro atoms. The summed E-state index contributed by atoms with van der Waals surface area (Å²) in [5.41, 5.74) is 0.0105. The SMILES string of the molecule is CC[C@H](C)CCCCCCCCCCC(=O)C1=C(O)[C@@H](C)N(C)C1=O. The molecular formula is C21H37NO3. The van der Waals surface area contributed by atoms with Gasteiger partial charge in [-0.2, -0.15) is 0 Å². The molecule has 0 radical (unpaired) electrons. The van der Waals surface area contributed by atoms with Gasteiger partial charge in [0.25, 0.3) is 5.91 Å². The maximum absolute atomic E-state index is 12.2.